The van der Waals surface area contributed by atoms with Gasteiger partial charge in [0.2, 0.25) is 5.91 Å². The molecule has 0 spiro atoms. The number of esters is 1. The molecule has 8 heteroatoms. The standard InChI is InChI=1S/C17H21N3O3S.ClH/c1-3-8-12(18)15(21)20-17-19-13(11-9-6-5-7-10-11)14(24-17)16(22)23-4-2;/h5-7,9-10,12H,3-4,8,18H2,1-2H3,(H,19,20,21);1H. The summed E-state index contributed by atoms with van der Waals surface area (Å²) in [5.41, 5.74) is 7.10. The number of halogens is 1. The second kappa shape index (κ2) is 10.1. The molecule has 6 nitrogen and oxygen atoms in total. The number of carbonyl (C=O) groups excluding carboxylic acids is 2. The monoisotopic (exact) mass is 383 g/mol. The molecule has 1 heterocycles. The third-order valence-electron chi connectivity index (χ3n) is 3.30. The fourth-order valence-corrected chi connectivity index (χ4v) is 3.02. The van der Waals surface area contributed by atoms with Crippen molar-refractivity contribution < 1.29 is 14.3 Å². The maximum absolute atomic E-state index is 12.2. The number of nitrogens with two attached hydrogens (primary N) is 1. The molecular weight excluding hydrogens is 362 g/mol. The Morgan fingerprint density at radius 2 is 1.96 bits per heavy atom. The summed E-state index contributed by atoms with van der Waals surface area (Å²) in [7, 11) is 0. The highest BCUT2D eigenvalue weighted by Crippen LogP contribution is 2.31. The van der Waals surface area contributed by atoms with Crippen LogP contribution in [-0.2, 0) is 9.53 Å². The lowest BCUT2D eigenvalue weighted by Crippen LogP contribution is -2.35. The molecule has 2 aromatic rings. The van der Waals surface area contributed by atoms with Crippen LogP contribution in [0, 0.1) is 0 Å². The Hall–Kier alpha value is -1.96. The average molecular weight is 384 g/mol. The Morgan fingerprint density at radius 3 is 2.56 bits per heavy atom. The lowest BCUT2D eigenvalue weighted by molar-refractivity contribution is -0.117. The minimum Gasteiger partial charge on any atom is -0.462 e. The zero-order valence-corrected chi connectivity index (χ0v) is 15.8. The largest absolute Gasteiger partial charge is 0.462 e. The van der Waals surface area contributed by atoms with Crippen molar-refractivity contribution in [1.29, 1.82) is 0 Å². The first-order chi connectivity index (χ1) is 11.6. The first kappa shape index (κ1) is 21.1. The number of rotatable bonds is 7. The van der Waals surface area contributed by atoms with Crippen molar-refractivity contribution in [3.8, 4) is 11.3 Å². The summed E-state index contributed by atoms with van der Waals surface area (Å²) >= 11 is 1.09. The molecule has 0 aliphatic carbocycles. The van der Waals surface area contributed by atoms with Gasteiger partial charge in [0.1, 0.15) is 4.88 Å². The van der Waals surface area contributed by atoms with Gasteiger partial charge in [0.05, 0.1) is 18.3 Å². The molecule has 1 atom stereocenters. The second-order valence-electron chi connectivity index (χ2n) is 5.17. The molecule has 0 aliphatic rings. The van der Waals surface area contributed by atoms with E-state index in [0.717, 1.165) is 23.3 Å². The third kappa shape index (κ3) is 5.52. The number of carbonyl (C=O) groups is 2. The van der Waals surface area contributed by atoms with Crippen LogP contribution in [0.15, 0.2) is 30.3 Å². The third-order valence-corrected chi connectivity index (χ3v) is 4.25. The summed E-state index contributed by atoms with van der Waals surface area (Å²) < 4.78 is 5.09. The molecule has 136 valence electrons. The van der Waals surface area contributed by atoms with Crippen LogP contribution in [0.4, 0.5) is 5.13 Å². The average Bonchev–Trinajstić information content (AvgIpc) is 3.00. The first-order valence-electron chi connectivity index (χ1n) is 7.86. The van der Waals surface area contributed by atoms with Crippen molar-refractivity contribution in [1.82, 2.24) is 4.98 Å². The van der Waals surface area contributed by atoms with Crippen LogP contribution in [-0.4, -0.2) is 29.5 Å². The maximum atomic E-state index is 12.2. The highest BCUT2D eigenvalue weighted by atomic mass is 35.5. The molecule has 1 unspecified atom stereocenters. The molecule has 0 saturated carbocycles. The Labute approximate surface area is 157 Å². The number of aromatic nitrogens is 1. The molecule has 0 radical (unpaired) electrons. The van der Waals surface area contributed by atoms with Crippen molar-refractivity contribution in [2.45, 2.75) is 32.7 Å². The quantitative estimate of drug-likeness (QED) is 0.714. The Kier molecular flexibility index (Phi) is 8.54. The van der Waals surface area contributed by atoms with Gasteiger partial charge in [-0.3, -0.25) is 4.79 Å². The number of benzene rings is 1. The van der Waals surface area contributed by atoms with Gasteiger partial charge in [0, 0.05) is 5.56 Å². The zero-order chi connectivity index (χ0) is 17.5. The summed E-state index contributed by atoms with van der Waals surface area (Å²) in [6.07, 6.45) is 1.41. The van der Waals surface area contributed by atoms with Gasteiger partial charge in [-0.05, 0) is 13.3 Å². The van der Waals surface area contributed by atoms with Gasteiger partial charge in [0.25, 0.3) is 0 Å². The molecule has 0 aliphatic heterocycles. The van der Waals surface area contributed by atoms with Gasteiger partial charge in [-0.1, -0.05) is 55.0 Å². The van der Waals surface area contributed by atoms with Crippen molar-refractivity contribution in [2.75, 3.05) is 11.9 Å². The summed E-state index contributed by atoms with van der Waals surface area (Å²) in [4.78, 5) is 29.0. The minimum atomic E-state index is -0.592. The topological polar surface area (TPSA) is 94.3 Å². The normalized spacial score (nSPS) is 11.3. The molecule has 1 aromatic carbocycles. The molecule has 0 bridgehead atoms. The predicted molar refractivity (Wildman–Crippen MR) is 102 cm³/mol. The Bertz CT molecular complexity index is 706. The van der Waals surface area contributed by atoms with E-state index in [4.69, 9.17) is 10.5 Å². The number of hydrogen-bond acceptors (Lipinski definition) is 6. The van der Waals surface area contributed by atoms with E-state index in [0.29, 0.717) is 22.1 Å². The fourth-order valence-electron chi connectivity index (χ4n) is 2.14. The van der Waals surface area contributed by atoms with Crippen LogP contribution in [0.3, 0.4) is 0 Å². The van der Waals surface area contributed by atoms with Crippen LogP contribution in [0.1, 0.15) is 36.4 Å². The van der Waals surface area contributed by atoms with E-state index < -0.39 is 12.0 Å². The number of amides is 1. The highest BCUT2D eigenvalue weighted by Gasteiger charge is 2.22. The second-order valence-corrected chi connectivity index (χ2v) is 6.17. The van der Waals surface area contributed by atoms with Gasteiger partial charge in [-0.2, -0.15) is 0 Å². The van der Waals surface area contributed by atoms with Gasteiger partial charge in [0.15, 0.2) is 5.13 Å². The van der Waals surface area contributed by atoms with Gasteiger partial charge >= 0.3 is 5.97 Å². The molecule has 2 rings (SSSR count). The molecule has 3 N–H and O–H groups in total. The summed E-state index contributed by atoms with van der Waals surface area (Å²) in [6.45, 7) is 3.98. The molecule has 0 saturated heterocycles. The van der Waals surface area contributed by atoms with E-state index in [1.54, 1.807) is 6.92 Å². The van der Waals surface area contributed by atoms with Gasteiger partial charge in [-0.25, -0.2) is 9.78 Å². The summed E-state index contributed by atoms with van der Waals surface area (Å²) in [5.74, 6) is -0.757. The highest BCUT2D eigenvalue weighted by molar-refractivity contribution is 7.18. The summed E-state index contributed by atoms with van der Waals surface area (Å²) in [6, 6.07) is 8.72. The van der Waals surface area contributed by atoms with E-state index in [9.17, 15) is 9.59 Å². The van der Waals surface area contributed by atoms with Crippen LogP contribution >= 0.6 is 23.7 Å². The lowest BCUT2D eigenvalue weighted by atomic mass is 10.1. The fraction of sp³-hybridized carbons (Fsp3) is 0.353. The van der Waals surface area contributed by atoms with E-state index in [2.05, 4.69) is 10.3 Å². The molecule has 25 heavy (non-hydrogen) atoms. The Balaban J connectivity index is 0.00000312. The molecular formula is C17H22ClN3O3S. The van der Waals surface area contributed by atoms with Crippen LogP contribution in [0.2, 0.25) is 0 Å². The predicted octanol–water partition coefficient (Wildman–Crippen LogP) is 3.47. The van der Waals surface area contributed by atoms with Crippen molar-refractivity contribution in [2.24, 2.45) is 5.73 Å². The van der Waals surface area contributed by atoms with Gasteiger partial charge < -0.3 is 15.8 Å². The van der Waals surface area contributed by atoms with E-state index >= 15 is 0 Å². The number of ether oxygens (including phenoxy) is 1. The smallest absolute Gasteiger partial charge is 0.350 e. The molecule has 1 amide bonds. The summed E-state index contributed by atoms with van der Waals surface area (Å²) in [5, 5.41) is 3.03. The SMILES string of the molecule is CCCC(N)C(=O)Nc1nc(-c2ccccc2)c(C(=O)OCC)s1.Cl. The Morgan fingerprint density at radius 1 is 1.28 bits per heavy atom. The number of thiazole rings is 1. The first-order valence-corrected chi connectivity index (χ1v) is 8.68. The molecule has 1 aromatic heterocycles. The van der Waals surface area contributed by atoms with E-state index in [1.165, 1.54) is 0 Å². The van der Waals surface area contributed by atoms with Crippen molar-refractivity contribution in [3.63, 3.8) is 0 Å². The number of nitrogens with zero attached hydrogens (tertiary/aromatic N) is 1. The maximum Gasteiger partial charge on any atom is 0.350 e. The zero-order valence-electron chi connectivity index (χ0n) is 14.2. The molecule has 0 fully saturated rings. The van der Waals surface area contributed by atoms with E-state index in [1.807, 2.05) is 37.3 Å². The number of hydrogen-bond donors (Lipinski definition) is 2. The van der Waals surface area contributed by atoms with Gasteiger partial charge in [-0.15, -0.1) is 12.4 Å². The lowest BCUT2D eigenvalue weighted by Gasteiger charge is -2.08. The number of nitrogens with one attached hydrogen (secondary N) is 1. The van der Waals surface area contributed by atoms with E-state index in [-0.39, 0.29) is 24.9 Å². The van der Waals surface area contributed by atoms with Crippen molar-refractivity contribution in [3.05, 3.63) is 35.2 Å². The van der Waals surface area contributed by atoms with Crippen LogP contribution in [0.25, 0.3) is 11.3 Å². The van der Waals surface area contributed by atoms with Crippen molar-refractivity contribution >= 4 is 40.8 Å². The van der Waals surface area contributed by atoms with Crippen LogP contribution < -0.4 is 11.1 Å². The number of anilines is 1. The van der Waals surface area contributed by atoms with Crippen LogP contribution in [0.5, 0.6) is 0 Å². The minimum absolute atomic E-state index is 0.